The second-order valence-electron chi connectivity index (χ2n) is 6.39. The highest BCUT2D eigenvalue weighted by atomic mass is 16.5. The number of rotatable bonds is 10. The molecule has 2 aromatic rings. The molecule has 0 radical (unpaired) electrons. The molecule has 0 aliphatic heterocycles. The standard InChI is InChI=1S/C21H27NO2/c1-2-21(22-16-17-8-9-17)18-10-12-20(13-11-18)24-15-14-23-19-6-4-3-5-7-19/h3-7,10-13,17,21-22H,2,8-9,14-16H2,1H3. The summed E-state index contributed by atoms with van der Waals surface area (Å²) >= 11 is 0. The van der Waals surface area contributed by atoms with Crippen LogP contribution in [0.5, 0.6) is 11.5 Å². The van der Waals surface area contributed by atoms with Crippen LogP contribution in [-0.4, -0.2) is 19.8 Å². The molecule has 3 nitrogen and oxygen atoms in total. The van der Waals surface area contributed by atoms with Gasteiger partial charge in [-0.25, -0.2) is 0 Å². The Bertz CT molecular complexity index is 593. The minimum Gasteiger partial charge on any atom is -0.490 e. The molecular weight excluding hydrogens is 298 g/mol. The Hall–Kier alpha value is -2.00. The maximum absolute atomic E-state index is 5.76. The molecule has 1 fully saturated rings. The van der Waals surface area contributed by atoms with Crippen molar-refractivity contribution < 1.29 is 9.47 Å². The highest BCUT2D eigenvalue weighted by Gasteiger charge is 2.22. The molecule has 3 rings (SSSR count). The van der Waals surface area contributed by atoms with Gasteiger partial charge in [-0.3, -0.25) is 0 Å². The number of ether oxygens (including phenoxy) is 2. The third-order valence-electron chi connectivity index (χ3n) is 4.40. The molecule has 0 heterocycles. The van der Waals surface area contributed by atoms with Gasteiger partial charge in [-0.05, 0) is 61.6 Å². The molecule has 0 spiro atoms. The van der Waals surface area contributed by atoms with Crippen molar-refractivity contribution >= 4 is 0 Å². The van der Waals surface area contributed by atoms with Gasteiger partial charge in [0.15, 0.2) is 0 Å². The summed E-state index contributed by atoms with van der Waals surface area (Å²) in [7, 11) is 0. The van der Waals surface area contributed by atoms with Gasteiger partial charge in [-0.1, -0.05) is 37.3 Å². The number of para-hydroxylation sites is 1. The predicted molar refractivity (Wildman–Crippen MR) is 97.6 cm³/mol. The minimum absolute atomic E-state index is 0.445. The maximum Gasteiger partial charge on any atom is 0.122 e. The van der Waals surface area contributed by atoms with Gasteiger partial charge in [-0.2, -0.15) is 0 Å². The molecule has 1 aliphatic rings. The molecule has 0 bridgehead atoms. The molecule has 1 unspecified atom stereocenters. The van der Waals surface area contributed by atoms with Crippen LogP contribution in [0.3, 0.4) is 0 Å². The molecule has 1 saturated carbocycles. The van der Waals surface area contributed by atoms with Crippen LogP contribution in [0.15, 0.2) is 54.6 Å². The lowest BCUT2D eigenvalue weighted by Crippen LogP contribution is -2.22. The van der Waals surface area contributed by atoms with Gasteiger partial charge in [0.05, 0.1) is 0 Å². The highest BCUT2D eigenvalue weighted by Crippen LogP contribution is 2.29. The minimum atomic E-state index is 0.445. The van der Waals surface area contributed by atoms with Crippen LogP contribution in [0.4, 0.5) is 0 Å². The summed E-state index contributed by atoms with van der Waals surface area (Å²) in [6, 6.07) is 18.7. The van der Waals surface area contributed by atoms with Gasteiger partial charge < -0.3 is 14.8 Å². The van der Waals surface area contributed by atoms with Crippen LogP contribution in [0, 0.1) is 5.92 Å². The lowest BCUT2D eigenvalue weighted by Gasteiger charge is -2.18. The van der Waals surface area contributed by atoms with Crippen molar-refractivity contribution in [2.75, 3.05) is 19.8 Å². The summed E-state index contributed by atoms with van der Waals surface area (Å²) in [5.74, 6) is 2.68. The first kappa shape index (κ1) is 16.8. The summed E-state index contributed by atoms with van der Waals surface area (Å²) in [5.41, 5.74) is 1.34. The van der Waals surface area contributed by atoms with Crippen molar-refractivity contribution in [2.24, 2.45) is 5.92 Å². The third-order valence-corrected chi connectivity index (χ3v) is 4.40. The number of nitrogens with one attached hydrogen (secondary N) is 1. The molecule has 1 atom stereocenters. The largest absolute Gasteiger partial charge is 0.490 e. The monoisotopic (exact) mass is 325 g/mol. The van der Waals surface area contributed by atoms with Crippen LogP contribution in [-0.2, 0) is 0 Å². The van der Waals surface area contributed by atoms with Crippen LogP contribution >= 0.6 is 0 Å². The number of benzene rings is 2. The fourth-order valence-corrected chi connectivity index (χ4v) is 2.76. The topological polar surface area (TPSA) is 30.5 Å². The molecule has 1 aliphatic carbocycles. The predicted octanol–water partition coefficient (Wildman–Crippen LogP) is 4.60. The van der Waals surface area contributed by atoms with Gasteiger partial charge in [0.25, 0.3) is 0 Å². The zero-order chi connectivity index (χ0) is 16.6. The molecule has 1 N–H and O–H groups in total. The van der Waals surface area contributed by atoms with E-state index in [0.29, 0.717) is 19.3 Å². The first-order valence-electron chi connectivity index (χ1n) is 8.99. The van der Waals surface area contributed by atoms with Crippen molar-refractivity contribution in [3.63, 3.8) is 0 Å². The van der Waals surface area contributed by atoms with Crippen molar-refractivity contribution in [1.29, 1.82) is 0 Å². The zero-order valence-corrected chi connectivity index (χ0v) is 14.4. The van der Waals surface area contributed by atoms with Gasteiger partial charge in [-0.15, -0.1) is 0 Å². The second-order valence-corrected chi connectivity index (χ2v) is 6.39. The molecule has 0 aromatic heterocycles. The van der Waals surface area contributed by atoms with Crippen molar-refractivity contribution in [3.05, 3.63) is 60.2 Å². The van der Waals surface area contributed by atoms with E-state index in [0.717, 1.165) is 30.4 Å². The second kappa shape index (κ2) is 8.74. The van der Waals surface area contributed by atoms with Crippen LogP contribution in [0.25, 0.3) is 0 Å². The fourth-order valence-electron chi connectivity index (χ4n) is 2.76. The van der Waals surface area contributed by atoms with Crippen molar-refractivity contribution in [3.8, 4) is 11.5 Å². The normalized spacial score (nSPS) is 15.0. The molecule has 2 aromatic carbocycles. The van der Waals surface area contributed by atoms with E-state index in [1.165, 1.54) is 18.4 Å². The zero-order valence-electron chi connectivity index (χ0n) is 14.4. The summed E-state index contributed by atoms with van der Waals surface area (Å²) < 4.78 is 11.4. The lowest BCUT2D eigenvalue weighted by atomic mass is 10.0. The number of hydrogen-bond donors (Lipinski definition) is 1. The van der Waals surface area contributed by atoms with Crippen LogP contribution < -0.4 is 14.8 Å². The maximum atomic E-state index is 5.76. The molecule has 0 saturated heterocycles. The molecule has 128 valence electrons. The Morgan fingerprint density at radius 1 is 0.917 bits per heavy atom. The third kappa shape index (κ3) is 5.27. The first-order valence-corrected chi connectivity index (χ1v) is 8.99. The van der Waals surface area contributed by atoms with E-state index >= 15 is 0 Å². The molecule has 3 heteroatoms. The van der Waals surface area contributed by atoms with Gasteiger partial charge in [0.1, 0.15) is 24.7 Å². The Kier molecular flexibility index (Phi) is 6.13. The molecular formula is C21H27NO2. The average Bonchev–Trinajstić information content (AvgIpc) is 3.46. The van der Waals surface area contributed by atoms with E-state index in [9.17, 15) is 0 Å². The van der Waals surface area contributed by atoms with E-state index in [2.05, 4.69) is 36.5 Å². The molecule has 24 heavy (non-hydrogen) atoms. The van der Waals surface area contributed by atoms with Crippen molar-refractivity contribution in [1.82, 2.24) is 5.32 Å². The van der Waals surface area contributed by atoms with Gasteiger partial charge in [0, 0.05) is 6.04 Å². The average molecular weight is 325 g/mol. The first-order chi connectivity index (χ1) is 11.8. The van der Waals surface area contributed by atoms with E-state index in [1.54, 1.807) is 0 Å². The van der Waals surface area contributed by atoms with Crippen molar-refractivity contribution in [2.45, 2.75) is 32.2 Å². The lowest BCUT2D eigenvalue weighted by molar-refractivity contribution is 0.217. The summed E-state index contributed by atoms with van der Waals surface area (Å²) in [6.45, 7) is 4.47. The summed E-state index contributed by atoms with van der Waals surface area (Å²) in [5, 5.41) is 3.68. The Balaban J connectivity index is 1.41. The van der Waals surface area contributed by atoms with Crippen LogP contribution in [0.1, 0.15) is 37.8 Å². The summed E-state index contributed by atoms with van der Waals surface area (Å²) in [6.07, 6.45) is 3.89. The summed E-state index contributed by atoms with van der Waals surface area (Å²) in [4.78, 5) is 0. The Labute approximate surface area is 145 Å². The Morgan fingerprint density at radius 2 is 1.54 bits per heavy atom. The van der Waals surface area contributed by atoms with E-state index in [4.69, 9.17) is 9.47 Å². The van der Waals surface area contributed by atoms with E-state index < -0.39 is 0 Å². The Morgan fingerprint density at radius 3 is 2.12 bits per heavy atom. The molecule has 0 amide bonds. The quantitative estimate of drug-likeness (QED) is 0.648. The number of hydrogen-bond acceptors (Lipinski definition) is 3. The van der Waals surface area contributed by atoms with Gasteiger partial charge in [0.2, 0.25) is 0 Å². The fraction of sp³-hybridized carbons (Fsp3) is 0.429. The smallest absolute Gasteiger partial charge is 0.122 e. The highest BCUT2D eigenvalue weighted by molar-refractivity contribution is 5.29. The SMILES string of the molecule is CCC(NCC1CC1)c1ccc(OCCOc2ccccc2)cc1. The van der Waals surface area contributed by atoms with Crippen LogP contribution in [0.2, 0.25) is 0 Å². The van der Waals surface area contributed by atoms with E-state index in [-0.39, 0.29) is 0 Å². The van der Waals surface area contributed by atoms with E-state index in [1.807, 2.05) is 30.3 Å². The van der Waals surface area contributed by atoms with Gasteiger partial charge >= 0.3 is 0 Å².